The van der Waals surface area contributed by atoms with Gasteiger partial charge in [-0.05, 0) is 17.7 Å². The average Bonchev–Trinajstić information content (AvgIpc) is 2.45. The number of hydrogen-bond donors (Lipinski definition) is 1. The summed E-state index contributed by atoms with van der Waals surface area (Å²) in [6, 6.07) is 0. The zero-order valence-corrected chi connectivity index (χ0v) is 9.06. The number of carboxylic acid groups (broad SMARTS) is 1. The van der Waals surface area contributed by atoms with Gasteiger partial charge in [0.15, 0.2) is 0 Å². The zero-order chi connectivity index (χ0) is 9.42. The second kappa shape index (κ2) is 3.52. The molecular formula is C8H7ClO2S2. The van der Waals surface area contributed by atoms with Crippen LogP contribution in [0.3, 0.4) is 0 Å². The third-order valence-electron chi connectivity index (χ3n) is 1.94. The van der Waals surface area contributed by atoms with Crippen LogP contribution in [0.4, 0.5) is 0 Å². The van der Waals surface area contributed by atoms with Crippen molar-refractivity contribution in [3.05, 3.63) is 20.3 Å². The van der Waals surface area contributed by atoms with Gasteiger partial charge < -0.3 is 5.11 Å². The molecule has 0 unspecified atom stereocenters. The highest BCUT2D eigenvalue weighted by Gasteiger charge is 2.22. The minimum Gasteiger partial charge on any atom is -0.477 e. The van der Waals surface area contributed by atoms with Crippen molar-refractivity contribution in [3.63, 3.8) is 0 Å². The molecule has 0 radical (unpaired) electrons. The quantitative estimate of drug-likeness (QED) is 0.812. The van der Waals surface area contributed by atoms with Crippen LogP contribution in [0.1, 0.15) is 20.1 Å². The van der Waals surface area contributed by atoms with Crippen molar-refractivity contribution in [2.45, 2.75) is 12.2 Å². The molecule has 0 bridgehead atoms. The second-order valence-electron chi connectivity index (χ2n) is 2.75. The van der Waals surface area contributed by atoms with Crippen LogP contribution in [0.25, 0.3) is 0 Å². The van der Waals surface area contributed by atoms with E-state index in [0.717, 1.165) is 28.4 Å². The van der Waals surface area contributed by atoms with E-state index in [4.69, 9.17) is 16.7 Å². The summed E-state index contributed by atoms with van der Waals surface area (Å²) < 4.78 is 0. The van der Waals surface area contributed by atoms with Crippen LogP contribution in [-0.4, -0.2) is 16.8 Å². The van der Waals surface area contributed by atoms with E-state index >= 15 is 0 Å². The minimum absolute atomic E-state index is 0.300. The summed E-state index contributed by atoms with van der Waals surface area (Å²) in [6.45, 7) is 0. The molecule has 1 aromatic heterocycles. The highest BCUT2D eigenvalue weighted by Crippen LogP contribution is 2.38. The molecule has 1 aliphatic rings. The molecule has 1 aliphatic heterocycles. The zero-order valence-electron chi connectivity index (χ0n) is 6.67. The molecule has 0 aromatic carbocycles. The Morgan fingerprint density at radius 1 is 1.54 bits per heavy atom. The summed E-state index contributed by atoms with van der Waals surface area (Å²) in [6.07, 6.45) is 0.956. The Labute approximate surface area is 88.9 Å². The van der Waals surface area contributed by atoms with Crippen molar-refractivity contribution in [1.82, 2.24) is 0 Å². The SMILES string of the molecule is O=C(O)c1sc2c(c1Cl)CSCC2. The maximum atomic E-state index is 10.8. The molecule has 1 N–H and O–H groups in total. The van der Waals surface area contributed by atoms with Crippen LogP contribution in [0.2, 0.25) is 5.02 Å². The monoisotopic (exact) mass is 234 g/mol. The third kappa shape index (κ3) is 1.58. The molecule has 0 atom stereocenters. The lowest BCUT2D eigenvalue weighted by atomic mass is 10.2. The Morgan fingerprint density at radius 3 is 2.92 bits per heavy atom. The highest BCUT2D eigenvalue weighted by atomic mass is 35.5. The smallest absolute Gasteiger partial charge is 0.347 e. The van der Waals surface area contributed by atoms with E-state index in [9.17, 15) is 4.79 Å². The number of thiophene rings is 1. The number of aromatic carboxylic acids is 1. The average molecular weight is 235 g/mol. The molecule has 0 spiro atoms. The van der Waals surface area contributed by atoms with Gasteiger partial charge in [0.2, 0.25) is 0 Å². The van der Waals surface area contributed by atoms with Crippen LogP contribution in [0, 0.1) is 0 Å². The van der Waals surface area contributed by atoms with E-state index in [1.807, 2.05) is 0 Å². The molecule has 0 saturated carbocycles. The lowest BCUT2D eigenvalue weighted by Gasteiger charge is -2.09. The molecule has 13 heavy (non-hydrogen) atoms. The molecule has 2 rings (SSSR count). The lowest BCUT2D eigenvalue weighted by molar-refractivity contribution is 0.0702. The van der Waals surface area contributed by atoms with Crippen molar-refractivity contribution in [3.8, 4) is 0 Å². The summed E-state index contributed by atoms with van der Waals surface area (Å²) in [4.78, 5) is 12.2. The fourth-order valence-corrected chi connectivity index (χ4v) is 4.11. The van der Waals surface area contributed by atoms with Gasteiger partial charge in [-0.15, -0.1) is 11.3 Å². The third-order valence-corrected chi connectivity index (χ3v) is 4.73. The number of carbonyl (C=O) groups is 1. The van der Waals surface area contributed by atoms with Gasteiger partial charge in [0.05, 0.1) is 5.02 Å². The van der Waals surface area contributed by atoms with Gasteiger partial charge in [0.1, 0.15) is 4.88 Å². The standard InChI is InChI=1S/C8H7ClO2S2/c9-6-4-3-12-2-1-5(4)13-7(6)8(10)11/h1-3H2,(H,10,11). The van der Waals surface area contributed by atoms with Crippen LogP contribution >= 0.6 is 34.7 Å². The molecule has 0 aliphatic carbocycles. The van der Waals surface area contributed by atoms with Crippen molar-refractivity contribution >= 4 is 40.7 Å². The molecule has 5 heteroatoms. The number of aryl methyl sites for hydroxylation is 1. The van der Waals surface area contributed by atoms with Gasteiger partial charge in [-0.2, -0.15) is 11.8 Å². The highest BCUT2D eigenvalue weighted by molar-refractivity contribution is 7.98. The number of fused-ring (bicyclic) bond motifs is 1. The molecule has 2 nitrogen and oxygen atoms in total. The Hall–Kier alpha value is -0.190. The second-order valence-corrected chi connectivity index (χ2v) is 5.34. The van der Waals surface area contributed by atoms with Gasteiger partial charge >= 0.3 is 5.97 Å². The van der Waals surface area contributed by atoms with Crippen LogP contribution in [-0.2, 0) is 12.2 Å². The first-order valence-electron chi connectivity index (χ1n) is 3.81. The van der Waals surface area contributed by atoms with E-state index < -0.39 is 5.97 Å². The summed E-state index contributed by atoms with van der Waals surface area (Å²) in [5, 5.41) is 9.29. The van der Waals surface area contributed by atoms with Gasteiger partial charge in [-0.1, -0.05) is 11.6 Å². The largest absolute Gasteiger partial charge is 0.477 e. The minimum atomic E-state index is -0.908. The number of thioether (sulfide) groups is 1. The number of carboxylic acids is 1. The van der Waals surface area contributed by atoms with Crippen LogP contribution < -0.4 is 0 Å². The molecule has 0 amide bonds. The Kier molecular flexibility index (Phi) is 2.53. The van der Waals surface area contributed by atoms with Crippen molar-refractivity contribution < 1.29 is 9.90 Å². The fourth-order valence-electron chi connectivity index (χ4n) is 1.31. The van der Waals surface area contributed by atoms with Crippen LogP contribution in [0.5, 0.6) is 0 Å². The maximum Gasteiger partial charge on any atom is 0.347 e. The van der Waals surface area contributed by atoms with Crippen molar-refractivity contribution in [1.29, 1.82) is 0 Å². The summed E-state index contributed by atoms with van der Waals surface area (Å²) >= 11 is 9.08. The molecular weight excluding hydrogens is 228 g/mol. The van der Waals surface area contributed by atoms with Gasteiger partial charge in [0, 0.05) is 10.6 Å². The van der Waals surface area contributed by atoms with E-state index in [2.05, 4.69) is 0 Å². The normalized spacial score (nSPS) is 15.5. The van der Waals surface area contributed by atoms with Crippen molar-refractivity contribution in [2.24, 2.45) is 0 Å². The van der Waals surface area contributed by atoms with Crippen molar-refractivity contribution in [2.75, 3.05) is 5.75 Å². The van der Waals surface area contributed by atoms with E-state index in [1.165, 1.54) is 11.3 Å². The van der Waals surface area contributed by atoms with Gasteiger partial charge in [-0.25, -0.2) is 4.79 Å². The Morgan fingerprint density at radius 2 is 2.31 bits per heavy atom. The first kappa shape index (κ1) is 9.37. The Bertz CT molecular complexity index is 359. The maximum absolute atomic E-state index is 10.8. The first-order valence-corrected chi connectivity index (χ1v) is 6.16. The predicted molar refractivity (Wildman–Crippen MR) is 56.2 cm³/mol. The molecule has 1 aromatic rings. The Balaban J connectivity index is 2.50. The summed E-state index contributed by atoms with van der Waals surface area (Å²) in [5.41, 5.74) is 1.04. The lowest BCUT2D eigenvalue weighted by Crippen LogP contribution is -1.97. The first-order chi connectivity index (χ1) is 6.20. The van der Waals surface area contributed by atoms with E-state index in [-0.39, 0.29) is 0 Å². The van der Waals surface area contributed by atoms with Crippen LogP contribution in [0.15, 0.2) is 0 Å². The predicted octanol–water partition coefficient (Wildman–Crippen LogP) is 2.89. The molecule has 0 fully saturated rings. The van der Waals surface area contributed by atoms with E-state index in [1.54, 1.807) is 11.8 Å². The van der Waals surface area contributed by atoms with Gasteiger partial charge in [0.25, 0.3) is 0 Å². The summed E-state index contributed by atoms with van der Waals surface area (Å²) in [5.74, 6) is 1.02. The topological polar surface area (TPSA) is 37.3 Å². The van der Waals surface area contributed by atoms with E-state index in [0.29, 0.717) is 9.90 Å². The summed E-state index contributed by atoms with van der Waals surface area (Å²) in [7, 11) is 0. The molecule has 2 heterocycles. The molecule has 70 valence electrons. The number of rotatable bonds is 1. The molecule has 0 saturated heterocycles. The number of hydrogen-bond acceptors (Lipinski definition) is 3. The number of halogens is 1. The van der Waals surface area contributed by atoms with Gasteiger partial charge in [-0.3, -0.25) is 0 Å². The fraction of sp³-hybridized carbons (Fsp3) is 0.375.